The number of hydrogen-bond acceptors (Lipinski definition) is 2. The molecule has 2 aromatic carbocycles. The van der Waals surface area contributed by atoms with Gasteiger partial charge in [0.2, 0.25) is 0 Å². The second kappa shape index (κ2) is 5.82. The quantitative estimate of drug-likeness (QED) is 0.906. The van der Waals surface area contributed by atoms with Crippen molar-refractivity contribution in [3.05, 3.63) is 64.4 Å². The SMILES string of the molecule is NCc1cccc(NC(=O)c2cccc(Cl)c2F)c1. The molecule has 0 heterocycles. The Morgan fingerprint density at radius 2 is 2.00 bits per heavy atom. The molecule has 2 rings (SSSR count). The van der Waals surface area contributed by atoms with Crippen molar-refractivity contribution in [3.8, 4) is 0 Å². The van der Waals surface area contributed by atoms with Crippen molar-refractivity contribution >= 4 is 23.2 Å². The smallest absolute Gasteiger partial charge is 0.258 e. The fourth-order valence-corrected chi connectivity index (χ4v) is 1.83. The number of rotatable bonds is 3. The minimum absolute atomic E-state index is 0.0802. The summed E-state index contributed by atoms with van der Waals surface area (Å²) in [5.74, 6) is -1.27. The molecule has 0 aliphatic rings. The molecular formula is C14H12ClFN2O. The van der Waals surface area contributed by atoms with E-state index < -0.39 is 11.7 Å². The molecule has 0 fully saturated rings. The van der Waals surface area contributed by atoms with Gasteiger partial charge in [-0.15, -0.1) is 0 Å². The van der Waals surface area contributed by atoms with Gasteiger partial charge in [0.1, 0.15) is 0 Å². The van der Waals surface area contributed by atoms with E-state index in [0.29, 0.717) is 12.2 Å². The van der Waals surface area contributed by atoms with E-state index in [1.807, 2.05) is 6.07 Å². The second-order valence-corrected chi connectivity index (χ2v) is 4.37. The summed E-state index contributed by atoms with van der Waals surface area (Å²) in [6.07, 6.45) is 0. The Morgan fingerprint density at radius 3 is 2.74 bits per heavy atom. The van der Waals surface area contributed by atoms with E-state index in [-0.39, 0.29) is 10.6 Å². The third-order valence-corrected chi connectivity index (χ3v) is 2.91. The highest BCUT2D eigenvalue weighted by molar-refractivity contribution is 6.31. The number of nitrogens with one attached hydrogen (secondary N) is 1. The van der Waals surface area contributed by atoms with Crippen molar-refractivity contribution in [2.45, 2.75) is 6.54 Å². The average Bonchev–Trinajstić information content (AvgIpc) is 2.42. The number of amides is 1. The molecule has 1 amide bonds. The van der Waals surface area contributed by atoms with Crippen LogP contribution >= 0.6 is 11.6 Å². The maximum Gasteiger partial charge on any atom is 0.258 e. The fourth-order valence-electron chi connectivity index (χ4n) is 1.65. The monoisotopic (exact) mass is 278 g/mol. The molecule has 3 N–H and O–H groups in total. The Labute approximate surface area is 115 Å². The summed E-state index contributed by atoms with van der Waals surface area (Å²) >= 11 is 5.64. The second-order valence-electron chi connectivity index (χ2n) is 3.96. The summed E-state index contributed by atoms with van der Waals surface area (Å²) in [5, 5.41) is 2.53. The minimum Gasteiger partial charge on any atom is -0.326 e. The number of halogens is 2. The molecule has 0 unspecified atom stereocenters. The van der Waals surface area contributed by atoms with Crippen molar-refractivity contribution in [3.63, 3.8) is 0 Å². The lowest BCUT2D eigenvalue weighted by molar-refractivity contribution is 0.102. The first-order chi connectivity index (χ1) is 9.11. The fraction of sp³-hybridized carbons (Fsp3) is 0.0714. The van der Waals surface area contributed by atoms with Crippen LogP contribution in [0.1, 0.15) is 15.9 Å². The number of carbonyl (C=O) groups excluding carboxylic acids is 1. The van der Waals surface area contributed by atoms with Gasteiger partial charge in [0.15, 0.2) is 5.82 Å². The zero-order valence-electron chi connectivity index (χ0n) is 9.99. The molecule has 0 saturated carbocycles. The highest BCUT2D eigenvalue weighted by Gasteiger charge is 2.14. The number of carbonyl (C=O) groups is 1. The summed E-state index contributed by atoms with van der Waals surface area (Å²) in [5.41, 5.74) is 6.86. The first-order valence-electron chi connectivity index (χ1n) is 5.66. The van der Waals surface area contributed by atoms with Gasteiger partial charge in [-0.2, -0.15) is 0 Å². The normalized spacial score (nSPS) is 10.3. The summed E-state index contributed by atoms with van der Waals surface area (Å²) in [4.78, 5) is 11.9. The zero-order chi connectivity index (χ0) is 13.8. The Hall–Kier alpha value is -1.91. The van der Waals surface area contributed by atoms with Gasteiger partial charge in [0.05, 0.1) is 10.6 Å². The first kappa shape index (κ1) is 13.5. The number of benzene rings is 2. The molecule has 0 aliphatic carbocycles. The van der Waals surface area contributed by atoms with Gasteiger partial charge in [-0.05, 0) is 29.8 Å². The molecule has 5 heteroatoms. The van der Waals surface area contributed by atoms with Crippen LogP contribution in [0, 0.1) is 5.82 Å². The molecule has 0 aliphatic heterocycles. The molecule has 0 radical (unpaired) electrons. The topological polar surface area (TPSA) is 55.1 Å². The Balaban J connectivity index is 2.23. The van der Waals surface area contributed by atoms with Crippen LogP contribution in [0.4, 0.5) is 10.1 Å². The van der Waals surface area contributed by atoms with E-state index in [9.17, 15) is 9.18 Å². The van der Waals surface area contributed by atoms with Gasteiger partial charge < -0.3 is 11.1 Å². The summed E-state index contributed by atoms with van der Waals surface area (Å²) in [7, 11) is 0. The van der Waals surface area contributed by atoms with Crippen molar-refractivity contribution < 1.29 is 9.18 Å². The summed E-state index contributed by atoms with van der Waals surface area (Å²) in [6.45, 7) is 0.370. The summed E-state index contributed by atoms with van der Waals surface area (Å²) < 4.78 is 13.7. The van der Waals surface area contributed by atoms with Crippen LogP contribution in [0.25, 0.3) is 0 Å². The van der Waals surface area contributed by atoms with Gasteiger partial charge in [-0.3, -0.25) is 4.79 Å². The van der Waals surface area contributed by atoms with Gasteiger partial charge in [-0.1, -0.05) is 29.8 Å². The Morgan fingerprint density at radius 1 is 1.26 bits per heavy atom. The van der Waals surface area contributed by atoms with Crippen LogP contribution in [-0.4, -0.2) is 5.91 Å². The molecule has 0 saturated heterocycles. The van der Waals surface area contributed by atoms with Gasteiger partial charge >= 0.3 is 0 Å². The van der Waals surface area contributed by atoms with Crippen LogP contribution in [0.3, 0.4) is 0 Å². The standard InChI is InChI=1S/C14H12ClFN2O/c15-12-6-2-5-11(13(12)16)14(19)18-10-4-1-3-9(7-10)8-17/h1-7H,8,17H2,(H,18,19). The lowest BCUT2D eigenvalue weighted by Gasteiger charge is -2.08. The highest BCUT2D eigenvalue weighted by atomic mass is 35.5. The largest absolute Gasteiger partial charge is 0.326 e. The highest BCUT2D eigenvalue weighted by Crippen LogP contribution is 2.19. The van der Waals surface area contributed by atoms with Crippen LogP contribution in [0.2, 0.25) is 5.02 Å². The van der Waals surface area contributed by atoms with Crippen molar-refractivity contribution in [2.24, 2.45) is 5.73 Å². The van der Waals surface area contributed by atoms with Crippen molar-refractivity contribution in [2.75, 3.05) is 5.32 Å². The Bertz CT molecular complexity index is 616. The van der Waals surface area contributed by atoms with Crippen LogP contribution < -0.4 is 11.1 Å². The van der Waals surface area contributed by atoms with E-state index >= 15 is 0 Å². The zero-order valence-corrected chi connectivity index (χ0v) is 10.7. The third-order valence-electron chi connectivity index (χ3n) is 2.62. The van der Waals surface area contributed by atoms with Gasteiger partial charge in [0.25, 0.3) is 5.91 Å². The maximum absolute atomic E-state index is 13.7. The molecule has 0 spiro atoms. The van der Waals surface area contributed by atoms with Crippen LogP contribution in [0.15, 0.2) is 42.5 Å². The molecule has 2 aromatic rings. The van der Waals surface area contributed by atoms with Crippen molar-refractivity contribution in [1.82, 2.24) is 0 Å². The molecule has 0 aromatic heterocycles. The molecule has 98 valence electrons. The first-order valence-corrected chi connectivity index (χ1v) is 6.04. The van der Waals surface area contributed by atoms with Crippen LogP contribution in [0.5, 0.6) is 0 Å². The number of nitrogens with two attached hydrogens (primary N) is 1. The van der Waals surface area contributed by atoms with Crippen molar-refractivity contribution in [1.29, 1.82) is 0 Å². The number of hydrogen-bond donors (Lipinski definition) is 2. The molecule has 0 atom stereocenters. The molecular weight excluding hydrogens is 267 g/mol. The van der Waals surface area contributed by atoms with Crippen LogP contribution in [-0.2, 0) is 6.54 Å². The van der Waals surface area contributed by atoms with Gasteiger partial charge in [-0.25, -0.2) is 4.39 Å². The lowest BCUT2D eigenvalue weighted by Crippen LogP contribution is -2.14. The van der Waals surface area contributed by atoms with Gasteiger partial charge in [0, 0.05) is 12.2 Å². The lowest BCUT2D eigenvalue weighted by atomic mass is 10.1. The molecule has 3 nitrogen and oxygen atoms in total. The third kappa shape index (κ3) is 3.10. The average molecular weight is 279 g/mol. The van der Waals surface area contributed by atoms with E-state index in [4.69, 9.17) is 17.3 Å². The summed E-state index contributed by atoms with van der Waals surface area (Å²) in [6, 6.07) is 11.4. The predicted octanol–water partition coefficient (Wildman–Crippen LogP) is 3.19. The van der Waals surface area contributed by atoms with E-state index in [0.717, 1.165) is 5.56 Å². The van der Waals surface area contributed by atoms with E-state index in [1.165, 1.54) is 18.2 Å². The minimum atomic E-state index is -0.725. The Kier molecular flexibility index (Phi) is 4.14. The molecule has 0 bridgehead atoms. The predicted molar refractivity (Wildman–Crippen MR) is 73.7 cm³/mol. The van der Waals surface area contributed by atoms with E-state index in [1.54, 1.807) is 18.2 Å². The number of anilines is 1. The van der Waals surface area contributed by atoms with E-state index in [2.05, 4.69) is 5.32 Å². The molecule has 19 heavy (non-hydrogen) atoms. The maximum atomic E-state index is 13.7.